The van der Waals surface area contributed by atoms with Gasteiger partial charge in [0.25, 0.3) is 0 Å². The highest BCUT2D eigenvalue weighted by molar-refractivity contribution is 6.83. The normalized spacial score (nSPS) is 11.7. The second-order valence-electron chi connectivity index (χ2n) is 8.80. The Bertz CT molecular complexity index is 1050. The highest BCUT2D eigenvalue weighted by Crippen LogP contribution is 2.15. The molecule has 0 radical (unpaired) electrons. The molecule has 0 spiro atoms. The average molecular weight is 438 g/mol. The van der Waals surface area contributed by atoms with Crippen molar-refractivity contribution in [2.24, 2.45) is 0 Å². The Morgan fingerprint density at radius 1 is 0.750 bits per heavy atom. The molecule has 0 saturated heterocycles. The molecule has 0 saturated carbocycles. The summed E-state index contributed by atoms with van der Waals surface area (Å²) >= 11 is 0. The monoisotopic (exact) mass is 437 g/mol. The van der Waals surface area contributed by atoms with Gasteiger partial charge < -0.3 is 4.74 Å². The number of ether oxygens (including phenoxy) is 1. The van der Waals surface area contributed by atoms with Crippen LogP contribution < -0.4 is 4.74 Å². The Kier molecular flexibility index (Phi) is 8.34. The van der Waals surface area contributed by atoms with Crippen LogP contribution in [0.25, 0.3) is 0 Å². The molecule has 32 heavy (non-hydrogen) atoms. The molecule has 0 amide bonds. The van der Waals surface area contributed by atoms with E-state index in [2.05, 4.69) is 109 Å². The third-order valence-corrected chi connectivity index (χ3v) is 5.74. The molecule has 3 heteroatoms. The van der Waals surface area contributed by atoms with Gasteiger partial charge in [-0.2, -0.15) is 0 Å². The van der Waals surface area contributed by atoms with Gasteiger partial charge in [0.15, 0.2) is 0 Å². The van der Waals surface area contributed by atoms with E-state index in [9.17, 15) is 0 Å². The first-order valence-electron chi connectivity index (χ1n) is 10.9. The van der Waals surface area contributed by atoms with E-state index in [0.29, 0.717) is 0 Å². The van der Waals surface area contributed by atoms with Crippen molar-refractivity contribution in [3.8, 4) is 29.1 Å². The van der Waals surface area contributed by atoms with E-state index < -0.39 is 8.07 Å². The number of methoxy groups -OCH3 is 1. The number of nitrogens with zero attached hydrogens (tertiary/aromatic N) is 1. The van der Waals surface area contributed by atoms with Crippen LogP contribution in [0.3, 0.4) is 0 Å². The molecule has 1 atom stereocenters. The van der Waals surface area contributed by atoms with Crippen molar-refractivity contribution in [2.75, 3.05) is 7.11 Å². The van der Waals surface area contributed by atoms with Gasteiger partial charge in [-0.25, -0.2) is 0 Å². The molecule has 0 heterocycles. The third-order valence-electron chi connectivity index (χ3n) is 4.85. The van der Waals surface area contributed by atoms with Crippen LogP contribution in [0, 0.1) is 23.3 Å². The Morgan fingerprint density at radius 2 is 1.28 bits per heavy atom. The zero-order chi connectivity index (χ0) is 22.8. The lowest BCUT2D eigenvalue weighted by Gasteiger charge is -2.26. The van der Waals surface area contributed by atoms with Gasteiger partial charge >= 0.3 is 0 Å². The van der Waals surface area contributed by atoms with Crippen LogP contribution in [-0.2, 0) is 13.1 Å². The second-order valence-corrected chi connectivity index (χ2v) is 13.5. The van der Waals surface area contributed by atoms with Crippen LogP contribution in [0.1, 0.15) is 16.7 Å². The molecule has 0 unspecified atom stereocenters. The summed E-state index contributed by atoms with van der Waals surface area (Å²) in [5, 5.41) is 0. The molecular formula is C29H31NOSi. The minimum absolute atomic E-state index is 0.163. The molecule has 3 rings (SSSR count). The molecule has 0 aliphatic heterocycles. The summed E-state index contributed by atoms with van der Waals surface area (Å²) in [5.74, 6) is 11.2. The lowest BCUT2D eigenvalue weighted by atomic mass is 10.1. The molecule has 0 aliphatic carbocycles. The fourth-order valence-electron chi connectivity index (χ4n) is 3.20. The van der Waals surface area contributed by atoms with E-state index in [1.807, 2.05) is 24.3 Å². The van der Waals surface area contributed by atoms with Gasteiger partial charge in [-0.05, 0) is 35.4 Å². The molecule has 0 aromatic heterocycles. The molecule has 0 fully saturated rings. The maximum atomic E-state index is 5.27. The first-order chi connectivity index (χ1) is 15.4. The first kappa shape index (κ1) is 23.4. The van der Waals surface area contributed by atoms with Gasteiger partial charge in [-0.1, -0.05) is 98.1 Å². The summed E-state index contributed by atoms with van der Waals surface area (Å²) in [4.78, 5) is 2.37. The highest BCUT2D eigenvalue weighted by Gasteiger charge is 2.17. The van der Waals surface area contributed by atoms with Crippen molar-refractivity contribution in [1.29, 1.82) is 0 Å². The van der Waals surface area contributed by atoms with Gasteiger partial charge in [0.1, 0.15) is 19.9 Å². The number of rotatable bonds is 6. The van der Waals surface area contributed by atoms with Gasteiger partial charge in [0.2, 0.25) is 0 Å². The van der Waals surface area contributed by atoms with Crippen molar-refractivity contribution in [3.05, 3.63) is 102 Å². The molecule has 0 bridgehead atoms. The third kappa shape index (κ3) is 7.78. The Morgan fingerprint density at radius 3 is 1.75 bits per heavy atom. The van der Waals surface area contributed by atoms with E-state index in [1.165, 1.54) is 11.1 Å². The van der Waals surface area contributed by atoms with E-state index in [4.69, 9.17) is 4.74 Å². The minimum atomic E-state index is -1.54. The molecule has 3 aromatic carbocycles. The number of benzene rings is 3. The van der Waals surface area contributed by atoms with Crippen molar-refractivity contribution < 1.29 is 4.74 Å². The quantitative estimate of drug-likeness (QED) is 0.346. The van der Waals surface area contributed by atoms with Gasteiger partial charge in [-0.15, -0.1) is 5.54 Å². The zero-order valence-electron chi connectivity index (χ0n) is 19.4. The summed E-state index contributed by atoms with van der Waals surface area (Å²) in [5.41, 5.74) is 7.03. The molecule has 2 nitrogen and oxygen atoms in total. The predicted octanol–water partition coefficient (Wildman–Crippen LogP) is 6.00. The zero-order valence-corrected chi connectivity index (χ0v) is 20.4. The summed E-state index contributed by atoms with van der Waals surface area (Å²) in [7, 11) is 0.132. The minimum Gasteiger partial charge on any atom is -0.497 e. The summed E-state index contributed by atoms with van der Waals surface area (Å²) in [6.45, 7) is 8.39. The fourth-order valence-corrected chi connectivity index (χ4v) is 3.77. The maximum absolute atomic E-state index is 5.27. The van der Waals surface area contributed by atoms with Crippen LogP contribution >= 0.6 is 0 Å². The summed E-state index contributed by atoms with van der Waals surface area (Å²) in [6, 6.07) is 28.8. The lowest BCUT2D eigenvalue weighted by molar-refractivity contribution is 0.253. The topological polar surface area (TPSA) is 12.5 Å². The van der Waals surface area contributed by atoms with Crippen LogP contribution in [-0.4, -0.2) is 26.1 Å². The van der Waals surface area contributed by atoms with Crippen LogP contribution in [0.2, 0.25) is 19.6 Å². The number of hydrogen-bond acceptors (Lipinski definition) is 2. The van der Waals surface area contributed by atoms with Crippen LogP contribution in [0.15, 0.2) is 84.9 Å². The maximum Gasteiger partial charge on any atom is 0.134 e. The van der Waals surface area contributed by atoms with Crippen molar-refractivity contribution in [3.63, 3.8) is 0 Å². The summed E-state index contributed by atoms with van der Waals surface area (Å²) < 4.78 is 5.27. The SMILES string of the molecule is COc1ccc(C#C[C@H](C#C[Si](C)(C)C)N(Cc2ccccc2)Cc2ccccc2)cc1. The van der Waals surface area contributed by atoms with Crippen LogP contribution in [0.4, 0.5) is 0 Å². The van der Waals surface area contributed by atoms with E-state index in [0.717, 1.165) is 24.4 Å². The van der Waals surface area contributed by atoms with Gasteiger partial charge in [-0.3, -0.25) is 4.90 Å². The predicted molar refractivity (Wildman–Crippen MR) is 137 cm³/mol. The van der Waals surface area contributed by atoms with Gasteiger partial charge in [0, 0.05) is 18.7 Å². The number of hydrogen-bond donors (Lipinski definition) is 0. The van der Waals surface area contributed by atoms with Crippen LogP contribution in [0.5, 0.6) is 5.75 Å². The van der Waals surface area contributed by atoms with E-state index in [-0.39, 0.29) is 6.04 Å². The molecular weight excluding hydrogens is 406 g/mol. The smallest absolute Gasteiger partial charge is 0.134 e. The Hall–Kier alpha value is -3.24. The highest BCUT2D eigenvalue weighted by atomic mass is 28.3. The lowest BCUT2D eigenvalue weighted by Crippen LogP contribution is -2.33. The van der Waals surface area contributed by atoms with Gasteiger partial charge in [0.05, 0.1) is 7.11 Å². The molecule has 0 aliphatic rings. The fraction of sp³-hybridized carbons (Fsp3) is 0.241. The van der Waals surface area contributed by atoms with E-state index >= 15 is 0 Å². The Labute approximate surface area is 194 Å². The Balaban J connectivity index is 1.97. The molecule has 0 N–H and O–H groups in total. The average Bonchev–Trinajstić information content (AvgIpc) is 2.80. The first-order valence-corrected chi connectivity index (χ1v) is 14.4. The second kappa shape index (κ2) is 11.4. The molecule has 3 aromatic rings. The standard InChI is InChI=1S/C29H31NOSi/c1-31-29-19-16-25(17-20-29)15-18-28(21-22-32(2,3)4)30(23-26-11-7-5-8-12-26)24-27-13-9-6-10-14-27/h5-14,16-17,19-20,28H,23-24H2,1-4H3/t28-/m1/s1. The van der Waals surface area contributed by atoms with Crippen molar-refractivity contribution >= 4 is 8.07 Å². The van der Waals surface area contributed by atoms with Crippen molar-refractivity contribution in [1.82, 2.24) is 4.90 Å². The van der Waals surface area contributed by atoms with Crippen molar-refractivity contribution in [2.45, 2.75) is 38.8 Å². The van der Waals surface area contributed by atoms with E-state index in [1.54, 1.807) is 7.11 Å². The summed E-state index contributed by atoms with van der Waals surface area (Å²) in [6.07, 6.45) is 0. The molecule has 162 valence electrons. The largest absolute Gasteiger partial charge is 0.497 e.